The highest BCUT2D eigenvalue weighted by molar-refractivity contribution is 6.11. The van der Waals surface area contributed by atoms with E-state index >= 15 is 0 Å². The van der Waals surface area contributed by atoms with E-state index in [2.05, 4.69) is 10.3 Å². The van der Waals surface area contributed by atoms with Crippen LogP contribution in [0, 0.1) is 11.7 Å². The van der Waals surface area contributed by atoms with E-state index in [1.165, 1.54) is 24.4 Å². The molecule has 0 radical (unpaired) electrons. The smallest absolute Gasteiger partial charge is 0.339 e. The highest BCUT2D eigenvalue weighted by Gasteiger charge is 2.22. The molecule has 0 saturated carbocycles. The van der Waals surface area contributed by atoms with E-state index in [1.54, 1.807) is 18.2 Å². The molecule has 3 aromatic rings. The molecule has 0 bridgehead atoms. The van der Waals surface area contributed by atoms with Crippen LogP contribution < -0.4 is 5.32 Å². The number of nitrogens with zero attached hydrogens (tertiary/aromatic N) is 1. The lowest BCUT2D eigenvalue weighted by Crippen LogP contribution is -2.28. The Kier molecular flexibility index (Phi) is 6.84. The van der Waals surface area contributed by atoms with Crippen LogP contribution in [-0.4, -0.2) is 46.8 Å². The van der Waals surface area contributed by atoms with Crippen molar-refractivity contribution < 1.29 is 28.9 Å². The van der Waals surface area contributed by atoms with Crippen molar-refractivity contribution in [2.45, 2.75) is 25.7 Å². The molecule has 0 unspecified atom stereocenters. The van der Waals surface area contributed by atoms with Crippen molar-refractivity contribution in [2.24, 2.45) is 5.92 Å². The fourth-order valence-corrected chi connectivity index (χ4v) is 4.13. The average Bonchev–Trinajstić information content (AvgIpc) is 2.81. The number of hydrogen-bond donors (Lipinski definition) is 3. The summed E-state index contributed by atoms with van der Waals surface area (Å²) in [7, 11) is 0. The molecule has 8 heteroatoms. The number of hydrogen-bond acceptors (Lipinski definition) is 5. The molecule has 1 amide bonds. The van der Waals surface area contributed by atoms with Gasteiger partial charge in [0.05, 0.1) is 0 Å². The molecule has 1 fully saturated rings. The second kappa shape index (κ2) is 9.95. The molecule has 1 aromatic heterocycles. The van der Waals surface area contributed by atoms with E-state index in [0.29, 0.717) is 24.3 Å². The lowest BCUT2D eigenvalue weighted by molar-refractivity contribution is 0.0636. The van der Waals surface area contributed by atoms with E-state index in [-0.39, 0.29) is 22.5 Å². The summed E-state index contributed by atoms with van der Waals surface area (Å²) in [5.74, 6) is -2.10. The number of aromatic carboxylic acids is 1. The molecule has 172 valence electrons. The van der Waals surface area contributed by atoms with Gasteiger partial charge in [-0.1, -0.05) is 12.1 Å². The maximum Gasteiger partial charge on any atom is 0.339 e. The summed E-state index contributed by atoms with van der Waals surface area (Å²) >= 11 is 0. The van der Waals surface area contributed by atoms with Gasteiger partial charge in [-0.05, 0) is 67.0 Å². The van der Waals surface area contributed by atoms with Gasteiger partial charge in [-0.15, -0.1) is 0 Å². The predicted molar refractivity (Wildman–Crippen MR) is 120 cm³/mol. The van der Waals surface area contributed by atoms with Crippen molar-refractivity contribution in [3.63, 3.8) is 0 Å². The number of fused-ring (bicyclic) bond motifs is 1. The molecular formula is C25H25FN2O5. The molecule has 1 aliphatic rings. The predicted octanol–water partition coefficient (Wildman–Crippen LogP) is 3.92. The zero-order valence-electron chi connectivity index (χ0n) is 18.0. The summed E-state index contributed by atoms with van der Waals surface area (Å²) in [5.41, 5.74) is 1.41. The number of carboxylic acid groups (broad SMARTS) is 1. The van der Waals surface area contributed by atoms with Crippen LogP contribution in [0.4, 0.5) is 4.39 Å². The molecule has 7 nitrogen and oxygen atoms in total. The zero-order chi connectivity index (χ0) is 23.4. The molecule has 2 heterocycles. The van der Waals surface area contributed by atoms with Crippen molar-refractivity contribution >= 4 is 22.8 Å². The van der Waals surface area contributed by atoms with Gasteiger partial charge in [0.25, 0.3) is 5.91 Å². The third-order valence-electron chi connectivity index (χ3n) is 5.98. The van der Waals surface area contributed by atoms with E-state index in [1.807, 2.05) is 0 Å². The lowest BCUT2D eigenvalue weighted by atomic mass is 9.96. The molecule has 0 atom stereocenters. The van der Waals surface area contributed by atoms with Crippen molar-refractivity contribution in [3.05, 3.63) is 70.7 Å². The van der Waals surface area contributed by atoms with Gasteiger partial charge in [0.1, 0.15) is 16.9 Å². The number of phenols is 1. The molecule has 4 rings (SSSR count). The van der Waals surface area contributed by atoms with E-state index in [9.17, 15) is 24.2 Å². The summed E-state index contributed by atoms with van der Waals surface area (Å²) in [6, 6.07) is 8.96. The Morgan fingerprint density at radius 2 is 1.82 bits per heavy atom. The fraction of sp³-hybridized carbons (Fsp3) is 0.320. The van der Waals surface area contributed by atoms with Crippen LogP contribution in [0.25, 0.3) is 10.9 Å². The van der Waals surface area contributed by atoms with Crippen molar-refractivity contribution in [1.29, 1.82) is 0 Å². The minimum Gasteiger partial charge on any atom is -0.505 e. The van der Waals surface area contributed by atoms with E-state index < -0.39 is 17.6 Å². The third-order valence-corrected chi connectivity index (χ3v) is 5.98. The molecule has 3 N–H and O–H groups in total. The maximum absolute atomic E-state index is 13.2. The van der Waals surface area contributed by atoms with Crippen molar-refractivity contribution in [3.8, 4) is 5.75 Å². The number of aromatic hydroxyl groups is 1. The van der Waals surface area contributed by atoms with Crippen LogP contribution in [0.3, 0.4) is 0 Å². The van der Waals surface area contributed by atoms with E-state index in [0.717, 1.165) is 43.6 Å². The Morgan fingerprint density at radius 1 is 1.09 bits per heavy atom. The van der Waals surface area contributed by atoms with Gasteiger partial charge >= 0.3 is 5.97 Å². The molecule has 33 heavy (non-hydrogen) atoms. The second-order valence-corrected chi connectivity index (χ2v) is 8.27. The lowest BCUT2D eigenvalue weighted by Gasteiger charge is -2.22. The molecule has 1 saturated heterocycles. The number of nitrogens with one attached hydrogen (secondary N) is 1. The Balaban J connectivity index is 1.62. The Morgan fingerprint density at radius 3 is 2.52 bits per heavy atom. The number of carbonyl (C=O) groups excluding carboxylic acids is 1. The molecule has 1 aliphatic heterocycles. The number of pyridine rings is 1. The van der Waals surface area contributed by atoms with Crippen LogP contribution in [-0.2, 0) is 11.2 Å². The van der Waals surface area contributed by atoms with E-state index in [4.69, 9.17) is 4.74 Å². The van der Waals surface area contributed by atoms with Gasteiger partial charge in [-0.3, -0.25) is 9.78 Å². The number of carboxylic acids is 1. The van der Waals surface area contributed by atoms with Crippen LogP contribution in [0.1, 0.15) is 51.1 Å². The largest absolute Gasteiger partial charge is 0.505 e. The summed E-state index contributed by atoms with van der Waals surface area (Å²) in [4.78, 5) is 28.9. The van der Waals surface area contributed by atoms with Gasteiger partial charge < -0.3 is 20.3 Å². The number of rotatable bonds is 7. The molecule has 0 spiro atoms. The van der Waals surface area contributed by atoms with Gasteiger partial charge in [0, 0.05) is 36.9 Å². The summed E-state index contributed by atoms with van der Waals surface area (Å²) in [5, 5.41) is 23.2. The van der Waals surface area contributed by atoms with Crippen LogP contribution in [0.15, 0.2) is 42.6 Å². The number of benzene rings is 2. The molecule has 0 aliphatic carbocycles. The Bertz CT molecular complexity index is 1170. The highest BCUT2D eigenvalue weighted by atomic mass is 19.1. The van der Waals surface area contributed by atoms with Crippen LogP contribution in [0.2, 0.25) is 0 Å². The van der Waals surface area contributed by atoms with Gasteiger partial charge in [0.15, 0.2) is 5.75 Å². The quantitative estimate of drug-likeness (QED) is 0.502. The minimum absolute atomic E-state index is 0.0485. The number of ether oxygens (including phenoxy) is 1. The first-order chi connectivity index (χ1) is 15.9. The van der Waals surface area contributed by atoms with Crippen LogP contribution in [0.5, 0.6) is 5.75 Å². The monoisotopic (exact) mass is 452 g/mol. The second-order valence-electron chi connectivity index (χ2n) is 8.27. The number of halogens is 1. The SMILES string of the molecule is O=C(O)c1cc(C(=O)NCCC2CCOCC2)c2cc(Cc3ccc(F)cc3)cnc2c1O. The first-order valence-electron chi connectivity index (χ1n) is 10.9. The Labute approximate surface area is 190 Å². The van der Waals surface area contributed by atoms with Crippen molar-refractivity contribution in [2.75, 3.05) is 19.8 Å². The average molecular weight is 452 g/mol. The normalized spacial score (nSPS) is 14.3. The summed E-state index contributed by atoms with van der Waals surface area (Å²) < 4.78 is 18.6. The standard InChI is InChI=1S/C25H25FN2O5/c26-18-3-1-16(2-4-18)11-17-12-19-20(13-21(25(31)32)23(29)22(19)28-14-17)24(30)27-8-5-15-6-9-33-10-7-15/h1-4,12-15,29H,5-11H2,(H,27,30)(H,31,32). The van der Waals surface area contributed by atoms with Gasteiger partial charge in [0.2, 0.25) is 0 Å². The fourth-order valence-electron chi connectivity index (χ4n) is 4.13. The highest BCUT2D eigenvalue weighted by Crippen LogP contribution is 2.31. The Hall–Kier alpha value is -3.52. The van der Waals surface area contributed by atoms with Gasteiger partial charge in [-0.25, -0.2) is 9.18 Å². The maximum atomic E-state index is 13.2. The number of carbonyl (C=O) groups is 2. The van der Waals surface area contributed by atoms with Gasteiger partial charge in [-0.2, -0.15) is 0 Å². The third kappa shape index (κ3) is 5.28. The number of amides is 1. The topological polar surface area (TPSA) is 109 Å². The number of aromatic nitrogens is 1. The first-order valence-corrected chi connectivity index (χ1v) is 10.9. The summed E-state index contributed by atoms with van der Waals surface area (Å²) in [6.07, 6.45) is 4.68. The molecule has 2 aromatic carbocycles. The van der Waals surface area contributed by atoms with Crippen molar-refractivity contribution in [1.82, 2.24) is 10.3 Å². The first kappa shape index (κ1) is 22.7. The van der Waals surface area contributed by atoms with Crippen LogP contribution >= 0.6 is 0 Å². The summed E-state index contributed by atoms with van der Waals surface area (Å²) in [6.45, 7) is 1.91. The molecular weight excluding hydrogens is 427 g/mol. The zero-order valence-corrected chi connectivity index (χ0v) is 18.0. The minimum atomic E-state index is -1.34.